The first-order chi connectivity index (χ1) is 10.1. The maximum Gasteiger partial charge on any atom is 0.171 e. The molecular weight excluding hydrogens is 348 g/mol. The molecule has 0 saturated heterocycles. The van der Waals surface area contributed by atoms with E-state index in [1.54, 1.807) is 0 Å². The zero-order valence-electron chi connectivity index (χ0n) is 11.7. The summed E-state index contributed by atoms with van der Waals surface area (Å²) in [6.07, 6.45) is 0. The molecule has 0 unspecified atom stereocenters. The molecule has 2 rings (SSSR count). The summed E-state index contributed by atoms with van der Waals surface area (Å²) in [5.74, 6) is 0.859. The molecule has 0 aliphatic carbocycles. The molecule has 0 radical (unpaired) electrons. The Morgan fingerprint density at radius 3 is 2.48 bits per heavy atom. The van der Waals surface area contributed by atoms with E-state index in [4.69, 9.17) is 17.0 Å². The van der Waals surface area contributed by atoms with Gasteiger partial charge in [-0.25, -0.2) is 0 Å². The molecule has 0 bridgehead atoms. The van der Waals surface area contributed by atoms with Crippen molar-refractivity contribution in [3.8, 4) is 5.75 Å². The first-order valence-electron chi connectivity index (χ1n) is 6.64. The van der Waals surface area contributed by atoms with E-state index in [2.05, 4.69) is 26.6 Å². The number of anilines is 1. The SMILES string of the molecule is C[C@@H](COc1ccccc1)NC(=S)Nc1ccc(Br)cc1. The lowest BCUT2D eigenvalue weighted by Gasteiger charge is -2.17. The molecule has 21 heavy (non-hydrogen) atoms. The highest BCUT2D eigenvalue weighted by Crippen LogP contribution is 2.14. The zero-order chi connectivity index (χ0) is 15.1. The second-order valence-corrected chi connectivity index (χ2v) is 5.95. The number of hydrogen-bond donors (Lipinski definition) is 2. The van der Waals surface area contributed by atoms with Gasteiger partial charge >= 0.3 is 0 Å². The molecule has 110 valence electrons. The van der Waals surface area contributed by atoms with Crippen LogP contribution in [0, 0.1) is 0 Å². The van der Waals surface area contributed by atoms with Crippen molar-refractivity contribution in [1.82, 2.24) is 5.32 Å². The van der Waals surface area contributed by atoms with Crippen LogP contribution in [-0.2, 0) is 0 Å². The summed E-state index contributed by atoms with van der Waals surface area (Å²) in [4.78, 5) is 0. The predicted molar refractivity (Wildman–Crippen MR) is 94.9 cm³/mol. The minimum atomic E-state index is 0.112. The van der Waals surface area contributed by atoms with Crippen molar-refractivity contribution in [1.29, 1.82) is 0 Å². The molecule has 2 aromatic carbocycles. The van der Waals surface area contributed by atoms with Crippen molar-refractivity contribution in [2.24, 2.45) is 0 Å². The lowest BCUT2D eigenvalue weighted by atomic mass is 10.3. The molecule has 2 aromatic rings. The summed E-state index contributed by atoms with van der Waals surface area (Å²) < 4.78 is 6.72. The van der Waals surface area contributed by atoms with Gasteiger partial charge in [-0.15, -0.1) is 0 Å². The van der Waals surface area contributed by atoms with Crippen LogP contribution in [-0.4, -0.2) is 17.8 Å². The van der Waals surface area contributed by atoms with E-state index in [1.165, 1.54) is 0 Å². The Morgan fingerprint density at radius 2 is 1.81 bits per heavy atom. The highest BCUT2D eigenvalue weighted by Gasteiger charge is 2.05. The highest BCUT2D eigenvalue weighted by atomic mass is 79.9. The van der Waals surface area contributed by atoms with Crippen LogP contribution in [0.25, 0.3) is 0 Å². The molecule has 0 heterocycles. The molecular formula is C16H17BrN2OS. The van der Waals surface area contributed by atoms with E-state index < -0.39 is 0 Å². The number of hydrogen-bond acceptors (Lipinski definition) is 2. The number of para-hydroxylation sites is 1. The van der Waals surface area contributed by atoms with Crippen LogP contribution >= 0.6 is 28.1 Å². The van der Waals surface area contributed by atoms with Gasteiger partial charge in [-0.2, -0.15) is 0 Å². The van der Waals surface area contributed by atoms with Crippen molar-refractivity contribution in [3.05, 3.63) is 59.1 Å². The van der Waals surface area contributed by atoms with Crippen LogP contribution in [0.5, 0.6) is 5.75 Å². The lowest BCUT2D eigenvalue weighted by Crippen LogP contribution is -2.39. The fraction of sp³-hybridized carbons (Fsp3) is 0.188. The first kappa shape index (κ1) is 15.8. The molecule has 5 heteroatoms. The number of thiocarbonyl (C=S) groups is 1. The third kappa shape index (κ3) is 5.73. The smallest absolute Gasteiger partial charge is 0.171 e. The molecule has 0 saturated carbocycles. The summed E-state index contributed by atoms with van der Waals surface area (Å²) in [6.45, 7) is 2.57. The Morgan fingerprint density at radius 1 is 1.14 bits per heavy atom. The van der Waals surface area contributed by atoms with Gasteiger partial charge in [-0.1, -0.05) is 34.1 Å². The van der Waals surface area contributed by atoms with E-state index in [0.29, 0.717) is 11.7 Å². The van der Waals surface area contributed by atoms with Crippen LogP contribution in [0.15, 0.2) is 59.1 Å². The molecule has 0 aliphatic heterocycles. The fourth-order valence-electron chi connectivity index (χ4n) is 1.70. The van der Waals surface area contributed by atoms with E-state index in [9.17, 15) is 0 Å². The zero-order valence-corrected chi connectivity index (χ0v) is 14.1. The van der Waals surface area contributed by atoms with Crippen LogP contribution in [0.1, 0.15) is 6.92 Å². The average Bonchev–Trinajstić information content (AvgIpc) is 2.48. The molecule has 3 nitrogen and oxygen atoms in total. The molecule has 0 aromatic heterocycles. The first-order valence-corrected chi connectivity index (χ1v) is 7.84. The predicted octanol–water partition coefficient (Wildman–Crippen LogP) is 4.20. The van der Waals surface area contributed by atoms with Crippen LogP contribution in [0.2, 0.25) is 0 Å². The number of rotatable bonds is 5. The van der Waals surface area contributed by atoms with Crippen molar-refractivity contribution < 1.29 is 4.74 Å². The maximum absolute atomic E-state index is 5.68. The molecule has 2 N–H and O–H groups in total. The van der Waals surface area contributed by atoms with Gasteiger partial charge in [0.1, 0.15) is 12.4 Å². The normalized spacial score (nSPS) is 11.5. The monoisotopic (exact) mass is 364 g/mol. The van der Waals surface area contributed by atoms with Gasteiger partial charge in [0.15, 0.2) is 5.11 Å². The van der Waals surface area contributed by atoms with Gasteiger partial charge in [0.2, 0.25) is 0 Å². The number of benzene rings is 2. The summed E-state index contributed by atoms with van der Waals surface area (Å²) >= 11 is 8.69. The summed E-state index contributed by atoms with van der Waals surface area (Å²) in [5.41, 5.74) is 0.951. The molecule has 0 amide bonds. The van der Waals surface area contributed by atoms with Crippen molar-refractivity contribution in [2.75, 3.05) is 11.9 Å². The largest absolute Gasteiger partial charge is 0.491 e. The Kier molecular flexibility index (Phi) is 6.02. The summed E-state index contributed by atoms with van der Waals surface area (Å²) in [6, 6.07) is 17.7. The average molecular weight is 365 g/mol. The van der Waals surface area contributed by atoms with Gasteiger partial charge in [0.05, 0.1) is 6.04 Å². The Bertz CT molecular complexity index is 575. The molecule has 0 aliphatic rings. The number of nitrogens with one attached hydrogen (secondary N) is 2. The summed E-state index contributed by atoms with van der Waals surface area (Å²) in [7, 11) is 0. The molecule has 0 fully saturated rings. The topological polar surface area (TPSA) is 33.3 Å². The molecule has 0 spiro atoms. The van der Waals surface area contributed by atoms with Gasteiger partial charge in [0.25, 0.3) is 0 Å². The van der Waals surface area contributed by atoms with Crippen molar-refractivity contribution in [3.63, 3.8) is 0 Å². The van der Waals surface area contributed by atoms with E-state index in [1.807, 2.05) is 61.5 Å². The van der Waals surface area contributed by atoms with E-state index in [0.717, 1.165) is 15.9 Å². The second kappa shape index (κ2) is 8.00. The summed E-state index contributed by atoms with van der Waals surface area (Å²) in [5, 5.41) is 6.92. The standard InChI is InChI=1S/C16H17BrN2OS/c1-12(11-20-15-5-3-2-4-6-15)18-16(21)19-14-9-7-13(17)8-10-14/h2-10,12H,11H2,1H3,(H2,18,19,21)/t12-/m0/s1. The van der Waals surface area contributed by atoms with Crippen LogP contribution in [0.4, 0.5) is 5.69 Å². The highest BCUT2D eigenvalue weighted by molar-refractivity contribution is 9.10. The third-order valence-electron chi connectivity index (χ3n) is 2.72. The van der Waals surface area contributed by atoms with Crippen molar-refractivity contribution in [2.45, 2.75) is 13.0 Å². The van der Waals surface area contributed by atoms with E-state index >= 15 is 0 Å². The quantitative estimate of drug-likeness (QED) is 0.778. The third-order valence-corrected chi connectivity index (χ3v) is 3.47. The maximum atomic E-state index is 5.68. The molecule has 1 atom stereocenters. The number of halogens is 1. The van der Waals surface area contributed by atoms with Crippen molar-refractivity contribution >= 4 is 38.9 Å². The van der Waals surface area contributed by atoms with Crippen LogP contribution < -0.4 is 15.4 Å². The Labute approximate surface area is 138 Å². The van der Waals surface area contributed by atoms with Gasteiger partial charge in [-0.3, -0.25) is 0 Å². The number of ether oxygens (including phenoxy) is 1. The van der Waals surface area contributed by atoms with Gasteiger partial charge in [-0.05, 0) is 55.5 Å². The van der Waals surface area contributed by atoms with Gasteiger partial charge in [0, 0.05) is 10.2 Å². The Balaban J connectivity index is 1.75. The minimum Gasteiger partial charge on any atom is -0.491 e. The Hall–Kier alpha value is -1.59. The van der Waals surface area contributed by atoms with E-state index in [-0.39, 0.29) is 6.04 Å². The van der Waals surface area contributed by atoms with Gasteiger partial charge < -0.3 is 15.4 Å². The fourth-order valence-corrected chi connectivity index (χ4v) is 2.29. The second-order valence-electron chi connectivity index (χ2n) is 4.63. The van der Waals surface area contributed by atoms with Crippen LogP contribution in [0.3, 0.4) is 0 Å². The minimum absolute atomic E-state index is 0.112. The lowest BCUT2D eigenvalue weighted by molar-refractivity contribution is 0.287.